The topological polar surface area (TPSA) is 68.5 Å². The molecule has 0 aliphatic carbocycles. The van der Waals surface area contributed by atoms with Gasteiger partial charge in [-0.25, -0.2) is 4.79 Å². The van der Waals surface area contributed by atoms with Gasteiger partial charge < -0.3 is 14.4 Å². The smallest absolute Gasteiger partial charge is 0.340 e. The van der Waals surface area contributed by atoms with Crippen molar-refractivity contribution in [1.82, 2.24) is 4.57 Å². The molecule has 0 aromatic carbocycles. The number of Topliss-reactive ketones (excluding diaryl/α,β-unsaturated/α-hetero) is 1. The number of aryl methyl sites for hydroxylation is 1. The largest absolute Gasteiger partial charge is 0.462 e. The average molecular weight is 221 g/mol. The lowest BCUT2D eigenvalue weighted by Crippen LogP contribution is -2.08. The fourth-order valence-corrected chi connectivity index (χ4v) is 1.25. The number of carbonyl (C=O) groups excluding carboxylic acids is 2. The Kier molecular flexibility index (Phi) is 3.72. The van der Waals surface area contributed by atoms with E-state index in [1.165, 1.54) is 18.5 Å². The summed E-state index contributed by atoms with van der Waals surface area (Å²) in [6.07, 6.45) is 4.45. The minimum absolute atomic E-state index is 0.127. The number of rotatable bonds is 3. The van der Waals surface area contributed by atoms with E-state index in [1.54, 1.807) is 18.5 Å². The van der Waals surface area contributed by atoms with Crippen molar-refractivity contribution in [1.29, 1.82) is 0 Å². The number of ketones is 1. The molecule has 0 fully saturated rings. The Morgan fingerprint density at radius 2 is 2.06 bits per heavy atom. The molecule has 16 heavy (non-hydrogen) atoms. The SMILES string of the molecule is CCOC(=O)c1cn(C)cc1C(=O)C#CO. The number of hydrogen-bond acceptors (Lipinski definition) is 4. The second-order valence-electron chi connectivity index (χ2n) is 3.04. The van der Waals surface area contributed by atoms with E-state index < -0.39 is 11.8 Å². The summed E-state index contributed by atoms with van der Waals surface area (Å²) in [5, 5.41) is 8.33. The number of nitrogens with zero attached hydrogens (tertiary/aromatic N) is 1. The van der Waals surface area contributed by atoms with Crippen molar-refractivity contribution >= 4 is 11.8 Å². The van der Waals surface area contributed by atoms with E-state index in [1.807, 2.05) is 5.92 Å². The average Bonchev–Trinajstić information content (AvgIpc) is 2.61. The van der Waals surface area contributed by atoms with Gasteiger partial charge in [0.1, 0.15) is 6.11 Å². The zero-order valence-electron chi connectivity index (χ0n) is 8.98. The van der Waals surface area contributed by atoms with Gasteiger partial charge in [-0.3, -0.25) is 4.79 Å². The number of aliphatic hydroxyl groups is 1. The van der Waals surface area contributed by atoms with Gasteiger partial charge in [0.2, 0.25) is 5.78 Å². The molecule has 0 amide bonds. The first-order chi connectivity index (χ1) is 7.60. The lowest BCUT2D eigenvalue weighted by molar-refractivity contribution is 0.0524. The molecule has 1 heterocycles. The first-order valence-electron chi connectivity index (χ1n) is 4.62. The van der Waals surface area contributed by atoms with Crippen LogP contribution in [0.4, 0.5) is 0 Å². The highest BCUT2D eigenvalue weighted by atomic mass is 16.5. The quantitative estimate of drug-likeness (QED) is 0.464. The van der Waals surface area contributed by atoms with E-state index in [-0.39, 0.29) is 17.7 Å². The van der Waals surface area contributed by atoms with Crippen molar-refractivity contribution in [3.8, 4) is 12.0 Å². The fraction of sp³-hybridized carbons (Fsp3) is 0.273. The van der Waals surface area contributed by atoms with E-state index in [4.69, 9.17) is 9.84 Å². The van der Waals surface area contributed by atoms with Gasteiger partial charge in [0.15, 0.2) is 0 Å². The highest BCUT2D eigenvalue weighted by Gasteiger charge is 2.19. The summed E-state index contributed by atoms with van der Waals surface area (Å²) in [7, 11) is 1.67. The molecular formula is C11H11NO4. The van der Waals surface area contributed by atoms with Crippen LogP contribution in [0.2, 0.25) is 0 Å². The van der Waals surface area contributed by atoms with Crippen LogP contribution in [0.1, 0.15) is 27.6 Å². The van der Waals surface area contributed by atoms with Crippen molar-refractivity contribution in [2.24, 2.45) is 7.05 Å². The van der Waals surface area contributed by atoms with E-state index in [0.717, 1.165) is 0 Å². The normalized spacial score (nSPS) is 9.12. The van der Waals surface area contributed by atoms with Gasteiger partial charge in [-0.1, -0.05) is 0 Å². The maximum absolute atomic E-state index is 11.5. The van der Waals surface area contributed by atoms with Crippen LogP contribution in [-0.4, -0.2) is 28.0 Å². The summed E-state index contributed by atoms with van der Waals surface area (Å²) in [5.41, 5.74) is 0.277. The van der Waals surface area contributed by atoms with E-state index in [2.05, 4.69) is 0 Å². The molecule has 1 aromatic heterocycles. The molecule has 1 N–H and O–H groups in total. The summed E-state index contributed by atoms with van der Waals surface area (Å²) in [6, 6.07) is 0. The number of esters is 1. The van der Waals surface area contributed by atoms with Gasteiger partial charge in [-0.15, -0.1) is 0 Å². The van der Waals surface area contributed by atoms with Crippen molar-refractivity contribution in [3.05, 3.63) is 23.5 Å². The van der Waals surface area contributed by atoms with Crippen LogP contribution in [0.25, 0.3) is 0 Å². The Balaban J connectivity index is 3.12. The third-order valence-electron chi connectivity index (χ3n) is 1.87. The maximum atomic E-state index is 11.5. The molecule has 0 aliphatic heterocycles. The minimum Gasteiger partial charge on any atom is -0.462 e. The number of aromatic nitrogens is 1. The highest BCUT2D eigenvalue weighted by molar-refractivity contribution is 6.14. The van der Waals surface area contributed by atoms with Gasteiger partial charge in [-0.2, -0.15) is 0 Å². The second-order valence-corrected chi connectivity index (χ2v) is 3.04. The predicted molar refractivity (Wildman–Crippen MR) is 55.4 cm³/mol. The molecule has 0 unspecified atom stereocenters. The lowest BCUT2D eigenvalue weighted by atomic mass is 10.1. The van der Waals surface area contributed by atoms with Gasteiger partial charge in [0, 0.05) is 25.4 Å². The van der Waals surface area contributed by atoms with Crippen molar-refractivity contribution in [3.63, 3.8) is 0 Å². The fourth-order valence-electron chi connectivity index (χ4n) is 1.25. The Morgan fingerprint density at radius 3 is 2.62 bits per heavy atom. The molecule has 1 rings (SSSR count). The zero-order valence-corrected chi connectivity index (χ0v) is 8.98. The van der Waals surface area contributed by atoms with Crippen LogP contribution in [0.15, 0.2) is 12.4 Å². The monoisotopic (exact) mass is 221 g/mol. The Labute approximate surface area is 92.6 Å². The number of ether oxygens (including phenoxy) is 1. The van der Waals surface area contributed by atoms with E-state index in [9.17, 15) is 9.59 Å². The standard InChI is InChI=1S/C11H11NO4/c1-3-16-11(15)9-7-12(2)6-8(9)10(14)4-5-13/h6-7,13H,3H2,1-2H3. The Hall–Kier alpha value is -2.22. The summed E-state index contributed by atoms with van der Waals surface area (Å²) < 4.78 is 6.35. The third kappa shape index (κ3) is 2.42. The molecule has 5 heteroatoms. The molecule has 0 bridgehead atoms. The van der Waals surface area contributed by atoms with Crippen LogP contribution >= 0.6 is 0 Å². The van der Waals surface area contributed by atoms with Gasteiger partial charge in [0.25, 0.3) is 0 Å². The van der Waals surface area contributed by atoms with Crippen LogP contribution in [0, 0.1) is 12.0 Å². The maximum Gasteiger partial charge on any atom is 0.340 e. The Morgan fingerprint density at radius 1 is 1.44 bits per heavy atom. The second kappa shape index (κ2) is 5.03. The van der Waals surface area contributed by atoms with Gasteiger partial charge >= 0.3 is 5.97 Å². The first-order valence-corrected chi connectivity index (χ1v) is 4.62. The molecule has 0 radical (unpaired) electrons. The lowest BCUT2D eigenvalue weighted by Gasteiger charge is -1.99. The van der Waals surface area contributed by atoms with Crippen LogP contribution in [0.3, 0.4) is 0 Å². The summed E-state index contributed by atoms with van der Waals surface area (Å²) in [4.78, 5) is 22.9. The zero-order chi connectivity index (χ0) is 12.1. The van der Waals surface area contributed by atoms with Gasteiger partial charge in [-0.05, 0) is 6.92 Å². The molecule has 0 saturated heterocycles. The number of carbonyl (C=O) groups is 2. The van der Waals surface area contributed by atoms with Gasteiger partial charge in [0.05, 0.1) is 17.7 Å². The van der Waals surface area contributed by atoms with E-state index >= 15 is 0 Å². The van der Waals surface area contributed by atoms with Crippen LogP contribution < -0.4 is 0 Å². The molecule has 0 atom stereocenters. The Bertz CT molecular complexity index is 476. The molecule has 0 aliphatic rings. The minimum atomic E-state index is -0.619. The van der Waals surface area contributed by atoms with Crippen LogP contribution in [-0.2, 0) is 11.8 Å². The third-order valence-corrected chi connectivity index (χ3v) is 1.87. The van der Waals surface area contributed by atoms with Crippen molar-refractivity contribution < 1.29 is 19.4 Å². The molecular weight excluding hydrogens is 210 g/mol. The highest BCUT2D eigenvalue weighted by Crippen LogP contribution is 2.12. The molecule has 0 spiro atoms. The molecule has 1 aromatic rings. The number of aliphatic hydroxyl groups excluding tert-OH is 1. The predicted octanol–water partition coefficient (Wildman–Crippen LogP) is 0.718. The summed E-state index contributed by atoms with van der Waals surface area (Å²) >= 11 is 0. The van der Waals surface area contributed by atoms with E-state index in [0.29, 0.717) is 0 Å². The number of hydrogen-bond donors (Lipinski definition) is 1. The summed E-state index contributed by atoms with van der Waals surface area (Å²) in [6.45, 7) is 1.91. The van der Waals surface area contributed by atoms with Crippen molar-refractivity contribution in [2.45, 2.75) is 6.92 Å². The van der Waals surface area contributed by atoms with Crippen LogP contribution in [0.5, 0.6) is 0 Å². The molecule has 5 nitrogen and oxygen atoms in total. The molecule has 0 saturated carbocycles. The summed E-state index contributed by atoms with van der Waals surface area (Å²) in [5.74, 6) is 0.761. The van der Waals surface area contributed by atoms with Crippen molar-refractivity contribution in [2.75, 3.05) is 6.61 Å². The molecule has 84 valence electrons. The first kappa shape index (κ1) is 11.9.